The monoisotopic (exact) mass is 303 g/mol. The number of carbonyl (C=O) groups is 1. The predicted octanol–water partition coefficient (Wildman–Crippen LogP) is 2.79. The summed E-state index contributed by atoms with van der Waals surface area (Å²) in [4.78, 5) is 11.6. The van der Waals surface area contributed by atoms with Gasteiger partial charge in [-0.3, -0.25) is 4.79 Å². The van der Waals surface area contributed by atoms with E-state index in [1.54, 1.807) is 32.0 Å². The van der Waals surface area contributed by atoms with Crippen LogP contribution < -0.4 is 5.73 Å². The van der Waals surface area contributed by atoms with E-state index < -0.39 is 23.2 Å². The van der Waals surface area contributed by atoms with E-state index in [0.717, 1.165) is 0 Å². The highest BCUT2D eigenvalue weighted by molar-refractivity contribution is 9.10. The third-order valence-corrected chi connectivity index (χ3v) is 3.42. The van der Waals surface area contributed by atoms with Crippen LogP contribution in [0.1, 0.15) is 25.5 Å². The largest absolute Gasteiger partial charge is 0.469 e. The number of halogens is 2. The summed E-state index contributed by atoms with van der Waals surface area (Å²) < 4.78 is 18.9. The van der Waals surface area contributed by atoms with E-state index in [4.69, 9.17) is 5.73 Å². The average molecular weight is 304 g/mol. The van der Waals surface area contributed by atoms with Gasteiger partial charge in [0.05, 0.1) is 17.0 Å². The molecule has 0 saturated heterocycles. The summed E-state index contributed by atoms with van der Waals surface area (Å²) in [7, 11) is 1.29. The Hall–Kier alpha value is -0.940. The van der Waals surface area contributed by atoms with Crippen LogP contribution in [0.4, 0.5) is 4.39 Å². The van der Waals surface area contributed by atoms with Gasteiger partial charge < -0.3 is 10.5 Å². The van der Waals surface area contributed by atoms with Gasteiger partial charge in [0.1, 0.15) is 5.82 Å². The van der Waals surface area contributed by atoms with Crippen molar-refractivity contribution in [1.29, 1.82) is 0 Å². The molecule has 0 amide bonds. The number of rotatable bonds is 3. The fraction of sp³-hybridized carbons (Fsp3) is 0.417. The number of esters is 1. The van der Waals surface area contributed by atoms with E-state index in [0.29, 0.717) is 4.47 Å². The van der Waals surface area contributed by atoms with Gasteiger partial charge in [-0.15, -0.1) is 0 Å². The third-order valence-electron chi connectivity index (χ3n) is 2.81. The van der Waals surface area contributed by atoms with Crippen molar-refractivity contribution in [2.75, 3.05) is 7.11 Å². The standard InChI is InChI=1S/C12H15BrFNO2/c1-12(2,11(16)17-3)10(15)7-5-4-6-8(13)9(7)14/h4-6,10H,15H2,1-3H3/t10-/m0/s1. The lowest BCUT2D eigenvalue weighted by atomic mass is 9.81. The molecule has 0 unspecified atom stereocenters. The number of methoxy groups -OCH3 is 1. The molecule has 0 fully saturated rings. The molecule has 5 heteroatoms. The molecule has 0 aliphatic heterocycles. The second-order valence-electron chi connectivity index (χ2n) is 4.33. The summed E-state index contributed by atoms with van der Waals surface area (Å²) in [6, 6.07) is 4.05. The van der Waals surface area contributed by atoms with E-state index in [9.17, 15) is 9.18 Å². The molecule has 0 saturated carbocycles. The van der Waals surface area contributed by atoms with Crippen LogP contribution in [-0.4, -0.2) is 13.1 Å². The first-order chi connectivity index (χ1) is 7.82. The molecule has 94 valence electrons. The molecule has 0 spiro atoms. The maximum atomic E-state index is 13.9. The van der Waals surface area contributed by atoms with Gasteiger partial charge in [0.2, 0.25) is 0 Å². The van der Waals surface area contributed by atoms with Crippen molar-refractivity contribution in [3.8, 4) is 0 Å². The Morgan fingerprint density at radius 1 is 1.53 bits per heavy atom. The smallest absolute Gasteiger partial charge is 0.313 e. The SMILES string of the molecule is COC(=O)C(C)(C)[C@@H](N)c1cccc(Br)c1F. The number of hydrogen-bond acceptors (Lipinski definition) is 3. The van der Waals surface area contributed by atoms with Gasteiger partial charge in [0.15, 0.2) is 0 Å². The predicted molar refractivity (Wildman–Crippen MR) is 66.8 cm³/mol. The van der Waals surface area contributed by atoms with Crippen molar-refractivity contribution >= 4 is 21.9 Å². The lowest BCUT2D eigenvalue weighted by Crippen LogP contribution is -2.37. The number of carbonyl (C=O) groups excluding carboxylic acids is 1. The maximum Gasteiger partial charge on any atom is 0.313 e. The van der Waals surface area contributed by atoms with Gasteiger partial charge in [-0.05, 0) is 35.8 Å². The number of ether oxygens (including phenoxy) is 1. The second kappa shape index (κ2) is 5.14. The minimum absolute atomic E-state index is 0.287. The molecule has 1 aromatic carbocycles. The van der Waals surface area contributed by atoms with Crippen molar-refractivity contribution in [3.05, 3.63) is 34.1 Å². The Labute approximate surface area is 108 Å². The van der Waals surface area contributed by atoms with Gasteiger partial charge in [0.25, 0.3) is 0 Å². The summed E-state index contributed by atoms with van der Waals surface area (Å²) >= 11 is 3.09. The van der Waals surface area contributed by atoms with E-state index in [1.165, 1.54) is 7.11 Å². The number of nitrogens with two attached hydrogens (primary N) is 1. The number of benzene rings is 1. The fourth-order valence-electron chi connectivity index (χ4n) is 1.54. The minimum atomic E-state index is -0.990. The summed E-state index contributed by atoms with van der Waals surface area (Å²) in [6.45, 7) is 3.26. The van der Waals surface area contributed by atoms with E-state index in [-0.39, 0.29) is 5.56 Å². The molecule has 0 aliphatic rings. The summed E-state index contributed by atoms with van der Waals surface area (Å²) in [5.74, 6) is -0.915. The molecule has 0 heterocycles. The average Bonchev–Trinajstić information content (AvgIpc) is 2.30. The highest BCUT2D eigenvalue weighted by atomic mass is 79.9. The fourth-order valence-corrected chi connectivity index (χ4v) is 1.92. The van der Waals surface area contributed by atoms with Crippen LogP contribution in [0.3, 0.4) is 0 Å². The Kier molecular flexibility index (Phi) is 4.27. The van der Waals surface area contributed by atoms with Crippen molar-refractivity contribution in [2.45, 2.75) is 19.9 Å². The van der Waals surface area contributed by atoms with E-state index >= 15 is 0 Å². The zero-order chi connectivity index (χ0) is 13.2. The topological polar surface area (TPSA) is 52.3 Å². The van der Waals surface area contributed by atoms with Crippen molar-refractivity contribution in [2.24, 2.45) is 11.1 Å². The second-order valence-corrected chi connectivity index (χ2v) is 5.19. The lowest BCUT2D eigenvalue weighted by molar-refractivity contribution is -0.152. The molecule has 0 aliphatic carbocycles. The van der Waals surface area contributed by atoms with Gasteiger partial charge in [0, 0.05) is 11.6 Å². The van der Waals surface area contributed by atoms with Gasteiger partial charge in [-0.2, -0.15) is 0 Å². The molecule has 1 atom stereocenters. The number of hydrogen-bond donors (Lipinski definition) is 1. The first-order valence-electron chi connectivity index (χ1n) is 5.10. The van der Waals surface area contributed by atoms with Crippen LogP contribution in [0.2, 0.25) is 0 Å². The maximum absolute atomic E-state index is 13.9. The molecule has 0 aromatic heterocycles. The molecule has 17 heavy (non-hydrogen) atoms. The molecule has 1 aromatic rings. The van der Waals surface area contributed by atoms with Gasteiger partial charge >= 0.3 is 5.97 Å². The van der Waals surface area contributed by atoms with E-state index in [1.807, 2.05) is 0 Å². The third kappa shape index (κ3) is 2.66. The minimum Gasteiger partial charge on any atom is -0.469 e. The van der Waals surface area contributed by atoms with Crippen molar-refractivity contribution in [1.82, 2.24) is 0 Å². The Morgan fingerprint density at radius 2 is 2.12 bits per heavy atom. The molecule has 1 rings (SSSR count). The lowest BCUT2D eigenvalue weighted by Gasteiger charge is -2.29. The highest BCUT2D eigenvalue weighted by Crippen LogP contribution is 2.35. The van der Waals surface area contributed by atoms with Crippen molar-refractivity contribution in [3.63, 3.8) is 0 Å². The first-order valence-corrected chi connectivity index (χ1v) is 5.89. The first kappa shape index (κ1) is 14.1. The normalized spacial score (nSPS) is 13.3. The molecule has 2 N–H and O–H groups in total. The Balaban J connectivity index is 3.16. The Morgan fingerprint density at radius 3 is 2.65 bits per heavy atom. The molecule has 0 bridgehead atoms. The summed E-state index contributed by atoms with van der Waals surface area (Å²) in [5, 5.41) is 0. The zero-order valence-electron chi connectivity index (χ0n) is 9.96. The molecular weight excluding hydrogens is 289 g/mol. The van der Waals surface area contributed by atoms with Crippen LogP contribution in [0.15, 0.2) is 22.7 Å². The summed E-state index contributed by atoms with van der Waals surface area (Å²) in [6.07, 6.45) is 0. The molecule has 3 nitrogen and oxygen atoms in total. The van der Waals surface area contributed by atoms with Crippen LogP contribution in [-0.2, 0) is 9.53 Å². The molecular formula is C12H15BrFNO2. The summed E-state index contributed by atoms with van der Waals surface area (Å²) in [5.41, 5.74) is 5.25. The zero-order valence-corrected chi connectivity index (χ0v) is 11.5. The van der Waals surface area contributed by atoms with Gasteiger partial charge in [-0.1, -0.05) is 12.1 Å². The molecule has 0 radical (unpaired) electrons. The quantitative estimate of drug-likeness (QED) is 0.874. The highest BCUT2D eigenvalue weighted by Gasteiger charge is 2.38. The van der Waals surface area contributed by atoms with Crippen LogP contribution >= 0.6 is 15.9 Å². The Bertz CT molecular complexity index is 435. The van der Waals surface area contributed by atoms with Gasteiger partial charge in [-0.25, -0.2) is 4.39 Å². The van der Waals surface area contributed by atoms with Crippen LogP contribution in [0.5, 0.6) is 0 Å². The van der Waals surface area contributed by atoms with Crippen LogP contribution in [0.25, 0.3) is 0 Å². The van der Waals surface area contributed by atoms with E-state index in [2.05, 4.69) is 20.7 Å². The van der Waals surface area contributed by atoms with Crippen molar-refractivity contribution < 1.29 is 13.9 Å². The van der Waals surface area contributed by atoms with Crippen LogP contribution in [0, 0.1) is 11.2 Å².